The van der Waals surface area contributed by atoms with E-state index in [0.717, 1.165) is 12.8 Å². The molecule has 0 aromatic rings. The number of carbonyl (C=O) groups is 2. The highest BCUT2D eigenvalue weighted by Crippen LogP contribution is 2.38. The Morgan fingerprint density at radius 1 is 1.15 bits per heavy atom. The van der Waals surface area contributed by atoms with Gasteiger partial charge in [0.25, 0.3) is 0 Å². The second kappa shape index (κ2) is 6.15. The summed E-state index contributed by atoms with van der Waals surface area (Å²) in [5.74, 6) is -0.157. The molecular formula is C16H27NO3. The van der Waals surface area contributed by atoms with E-state index in [2.05, 4.69) is 19.2 Å². The maximum absolute atomic E-state index is 12.4. The molecule has 114 valence electrons. The van der Waals surface area contributed by atoms with Gasteiger partial charge in [0.15, 0.2) is 0 Å². The standard InChI is InChI=1S/C16H27NO3/c1-4-11-5-6-14(10(11)3)17-15(18)12-7-9(2)8-13(12)16(19)20/h9-14H,4-8H2,1-3H3,(H,17,18)(H,19,20)/t9?,10?,11?,12-,13+,14?/m0/s1. The van der Waals surface area contributed by atoms with Gasteiger partial charge in [-0.15, -0.1) is 0 Å². The summed E-state index contributed by atoms with van der Waals surface area (Å²) >= 11 is 0. The van der Waals surface area contributed by atoms with E-state index in [1.54, 1.807) is 0 Å². The minimum Gasteiger partial charge on any atom is -0.481 e. The number of carboxylic acids is 1. The molecule has 0 bridgehead atoms. The summed E-state index contributed by atoms with van der Waals surface area (Å²) in [7, 11) is 0. The van der Waals surface area contributed by atoms with Gasteiger partial charge in [0.05, 0.1) is 11.8 Å². The fraction of sp³-hybridized carbons (Fsp3) is 0.875. The molecule has 4 unspecified atom stereocenters. The molecule has 0 spiro atoms. The number of hydrogen-bond donors (Lipinski definition) is 2. The van der Waals surface area contributed by atoms with Crippen LogP contribution in [0.2, 0.25) is 0 Å². The third kappa shape index (κ3) is 2.99. The van der Waals surface area contributed by atoms with Crippen LogP contribution in [0.25, 0.3) is 0 Å². The van der Waals surface area contributed by atoms with Crippen molar-refractivity contribution in [2.45, 2.75) is 58.9 Å². The second-order valence-corrected chi connectivity index (χ2v) is 6.85. The lowest BCUT2D eigenvalue weighted by atomic mass is 9.92. The van der Waals surface area contributed by atoms with Crippen molar-refractivity contribution < 1.29 is 14.7 Å². The van der Waals surface area contributed by atoms with Crippen molar-refractivity contribution in [1.82, 2.24) is 5.32 Å². The summed E-state index contributed by atoms with van der Waals surface area (Å²) < 4.78 is 0. The van der Waals surface area contributed by atoms with E-state index in [1.807, 2.05) is 6.92 Å². The van der Waals surface area contributed by atoms with Gasteiger partial charge in [0.1, 0.15) is 0 Å². The monoisotopic (exact) mass is 281 g/mol. The predicted molar refractivity (Wildman–Crippen MR) is 77.1 cm³/mol. The lowest BCUT2D eigenvalue weighted by molar-refractivity contribution is -0.146. The molecule has 0 aromatic carbocycles. The van der Waals surface area contributed by atoms with Gasteiger partial charge in [-0.25, -0.2) is 0 Å². The van der Waals surface area contributed by atoms with Crippen LogP contribution in [-0.2, 0) is 9.59 Å². The summed E-state index contributed by atoms with van der Waals surface area (Å²) in [6.45, 7) is 6.44. The molecule has 20 heavy (non-hydrogen) atoms. The lowest BCUT2D eigenvalue weighted by Gasteiger charge is -2.24. The molecule has 0 aliphatic heterocycles. The Kier molecular flexibility index (Phi) is 4.71. The molecular weight excluding hydrogens is 254 g/mol. The molecule has 0 aromatic heterocycles. The van der Waals surface area contributed by atoms with Crippen molar-refractivity contribution in [2.75, 3.05) is 0 Å². The molecule has 2 aliphatic carbocycles. The van der Waals surface area contributed by atoms with Gasteiger partial charge in [0.2, 0.25) is 5.91 Å². The maximum atomic E-state index is 12.4. The summed E-state index contributed by atoms with van der Waals surface area (Å²) in [4.78, 5) is 23.7. The quantitative estimate of drug-likeness (QED) is 0.832. The zero-order valence-electron chi connectivity index (χ0n) is 12.8. The average Bonchev–Trinajstić information content (AvgIpc) is 2.94. The van der Waals surface area contributed by atoms with E-state index in [0.29, 0.717) is 30.6 Å². The molecule has 6 atom stereocenters. The molecule has 0 saturated heterocycles. The second-order valence-electron chi connectivity index (χ2n) is 6.85. The van der Waals surface area contributed by atoms with Crippen LogP contribution in [0.15, 0.2) is 0 Å². The van der Waals surface area contributed by atoms with Gasteiger partial charge in [0, 0.05) is 6.04 Å². The zero-order chi connectivity index (χ0) is 14.9. The van der Waals surface area contributed by atoms with Gasteiger partial charge in [-0.05, 0) is 43.4 Å². The molecule has 2 aliphatic rings. The largest absolute Gasteiger partial charge is 0.481 e. The summed E-state index contributed by atoms with van der Waals surface area (Å²) in [6.07, 6.45) is 4.70. The summed E-state index contributed by atoms with van der Waals surface area (Å²) in [5, 5.41) is 12.4. The Morgan fingerprint density at radius 2 is 1.80 bits per heavy atom. The first-order valence-electron chi connectivity index (χ1n) is 7.97. The minimum atomic E-state index is -0.819. The van der Waals surface area contributed by atoms with E-state index in [-0.39, 0.29) is 17.9 Å². The molecule has 4 nitrogen and oxygen atoms in total. The fourth-order valence-electron chi connectivity index (χ4n) is 4.17. The van der Waals surface area contributed by atoms with Crippen molar-refractivity contribution in [3.63, 3.8) is 0 Å². The van der Waals surface area contributed by atoms with Crippen molar-refractivity contribution >= 4 is 11.9 Å². The van der Waals surface area contributed by atoms with Crippen LogP contribution in [0.4, 0.5) is 0 Å². The molecule has 0 radical (unpaired) electrons. The number of aliphatic carboxylic acids is 1. The van der Waals surface area contributed by atoms with Crippen LogP contribution in [-0.4, -0.2) is 23.0 Å². The van der Waals surface area contributed by atoms with Crippen LogP contribution < -0.4 is 5.32 Å². The number of nitrogens with one attached hydrogen (secondary N) is 1. The molecule has 4 heteroatoms. The van der Waals surface area contributed by atoms with Crippen LogP contribution in [0, 0.1) is 29.6 Å². The molecule has 1 amide bonds. The van der Waals surface area contributed by atoms with E-state index < -0.39 is 11.9 Å². The Labute approximate surface area is 121 Å². The highest BCUT2D eigenvalue weighted by Gasteiger charge is 2.42. The molecule has 2 rings (SSSR count). The van der Waals surface area contributed by atoms with Gasteiger partial charge in [-0.2, -0.15) is 0 Å². The van der Waals surface area contributed by atoms with Crippen molar-refractivity contribution in [3.05, 3.63) is 0 Å². The van der Waals surface area contributed by atoms with Gasteiger partial charge >= 0.3 is 5.97 Å². The number of carboxylic acid groups (broad SMARTS) is 1. The SMILES string of the molecule is CCC1CCC(NC(=O)[C@H]2CC(C)C[C@H]2C(=O)O)C1C. The smallest absolute Gasteiger partial charge is 0.307 e. The first-order valence-corrected chi connectivity index (χ1v) is 7.97. The van der Waals surface area contributed by atoms with Crippen molar-refractivity contribution in [3.8, 4) is 0 Å². The van der Waals surface area contributed by atoms with Gasteiger partial charge in [-0.3, -0.25) is 9.59 Å². The number of amides is 1. The van der Waals surface area contributed by atoms with Gasteiger partial charge < -0.3 is 10.4 Å². The average molecular weight is 281 g/mol. The Hall–Kier alpha value is -1.06. The summed E-state index contributed by atoms with van der Waals surface area (Å²) in [5.41, 5.74) is 0. The fourth-order valence-corrected chi connectivity index (χ4v) is 4.17. The Bertz CT molecular complexity index is 382. The zero-order valence-corrected chi connectivity index (χ0v) is 12.8. The van der Waals surface area contributed by atoms with E-state index in [4.69, 9.17) is 0 Å². The highest BCUT2D eigenvalue weighted by atomic mass is 16.4. The third-order valence-corrected chi connectivity index (χ3v) is 5.53. The summed E-state index contributed by atoms with van der Waals surface area (Å²) in [6, 6.07) is 0.234. The Balaban J connectivity index is 1.96. The first kappa shape index (κ1) is 15.3. The Morgan fingerprint density at radius 3 is 2.35 bits per heavy atom. The van der Waals surface area contributed by atoms with Crippen molar-refractivity contribution in [2.24, 2.45) is 29.6 Å². The number of rotatable bonds is 4. The van der Waals surface area contributed by atoms with E-state index >= 15 is 0 Å². The van der Waals surface area contributed by atoms with Gasteiger partial charge in [-0.1, -0.05) is 27.2 Å². The first-order chi connectivity index (χ1) is 9.43. The van der Waals surface area contributed by atoms with E-state index in [9.17, 15) is 14.7 Å². The predicted octanol–water partition coefficient (Wildman–Crippen LogP) is 2.67. The highest BCUT2D eigenvalue weighted by molar-refractivity contribution is 5.85. The number of carbonyl (C=O) groups excluding carboxylic acids is 1. The van der Waals surface area contributed by atoms with Crippen LogP contribution in [0.3, 0.4) is 0 Å². The molecule has 2 fully saturated rings. The van der Waals surface area contributed by atoms with Crippen LogP contribution in [0.1, 0.15) is 52.9 Å². The maximum Gasteiger partial charge on any atom is 0.307 e. The normalized spacial score (nSPS) is 40.8. The lowest BCUT2D eigenvalue weighted by Crippen LogP contribution is -2.43. The van der Waals surface area contributed by atoms with E-state index in [1.165, 1.54) is 6.42 Å². The van der Waals surface area contributed by atoms with Crippen molar-refractivity contribution in [1.29, 1.82) is 0 Å². The minimum absolute atomic E-state index is 0.0321. The molecule has 0 heterocycles. The molecule has 2 saturated carbocycles. The third-order valence-electron chi connectivity index (χ3n) is 5.53. The van der Waals surface area contributed by atoms with Crippen LogP contribution >= 0.6 is 0 Å². The molecule has 2 N–H and O–H groups in total. The number of hydrogen-bond acceptors (Lipinski definition) is 2. The van der Waals surface area contributed by atoms with Crippen LogP contribution in [0.5, 0.6) is 0 Å². The topological polar surface area (TPSA) is 66.4 Å².